The van der Waals surface area contributed by atoms with Crippen molar-refractivity contribution in [3.8, 4) is 0 Å². The third-order valence-electron chi connectivity index (χ3n) is 3.57. The van der Waals surface area contributed by atoms with Gasteiger partial charge in [-0.05, 0) is 33.2 Å². The van der Waals surface area contributed by atoms with Gasteiger partial charge in [-0.2, -0.15) is 8.62 Å². The summed E-state index contributed by atoms with van der Waals surface area (Å²) in [5, 5.41) is 0. The number of ether oxygens (including phenoxy) is 2. The van der Waals surface area contributed by atoms with Crippen molar-refractivity contribution in [2.45, 2.75) is 49.6 Å². The van der Waals surface area contributed by atoms with Gasteiger partial charge in [-0.25, -0.2) is 13.7 Å². The van der Waals surface area contributed by atoms with Crippen LogP contribution in [0.4, 0.5) is 0 Å². The van der Waals surface area contributed by atoms with Gasteiger partial charge in [-0.15, -0.1) is 0 Å². The fourth-order valence-corrected chi connectivity index (χ4v) is 7.75. The summed E-state index contributed by atoms with van der Waals surface area (Å²) >= 11 is 0. The first-order chi connectivity index (χ1) is 13.5. The Hall–Kier alpha value is 1.05. The molecule has 19 heteroatoms. The third kappa shape index (κ3) is 12.3. The molecule has 0 aromatic rings. The Labute approximate surface area is 183 Å². The van der Waals surface area contributed by atoms with Gasteiger partial charge in [0.25, 0.3) is 0 Å². The Balaban J connectivity index is 2.52. The molecular formula is C11H27BNO12P3S2. The van der Waals surface area contributed by atoms with Crippen molar-refractivity contribution in [1.29, 1.82) is 0 Å². The molecule has 1 rings (SSSR count). The zero-order chi connectivity index (χ0) is 23.2. The average molecular weight is 533 g/mol. The van der Waals surface area contributed by atoms with Crippen LogP contribution in [-0.2, 0) is 36.3 Å². The van der Waals surface area contributed by atoms with Crippen molar-refractivity contribution < 1.29 is 55.9 Å². The maximum Gasteiger partial charge on any atom is 0.490 e. The van der Waals surface area contributed by atoms with E-state index < -0.39 is 42.3 Å². The number of phosphoric ester groups is 1. The molecule has 0 amide bonds. The topological polar surface area (TPSA) is 204 Å². The highest BCUT2D eigenvalue weighted by molar-refractivity contribution is 8.77. The summed E-state index contributed by atoms with van der Waals surface area (Å²) in [4.78, 5) is 35.7. The molecule has 0 aromatic carbocycles. The van der Waals surface area contributed by atoms with Crippen molar-refractivity contribution in [3.63, 3.8) is 0 Å². The quantitative estimate of drug-likeness (QED) is 0.0693. The molecule has 5 atom stereocenters. The molecule has 0 saturated carbocycles. The summed E-state index contributed by atoms with van der Waals surface area (Å²) in [6.45, 7) is 4.15. The van der Waals surface area contributed by atoms with E-state index in [4.69, 9.17) is 29.9 Å². The number of rotatable bonds is 14. The predicted molar refractivity (Wildman–Crippen MR) is 114 cm³/mol. The molecule has 0 bridgehead atoms. The predicted octanol–water partition coefficient (Wildman–Crippen LogP) is 0.929. The van der Waals surface area contributed by atoms with E-state index in [9.17, 15) is 18.6 Å². The fourth-order valence-electron chi connectivity index (χ4n) is 2.40. The van der Waals surface area contributed by atoms with E-state index >= 15 is 0 Å². The molecule has 1 fully saturated rings. The smallest absolute Gasteiger partial charge is 0.379 e. The second-order valence-corrected chi connectivity index (χ2v) is 14.3. The van der Waals surface area contributed by atoms with Crippen molar-refractivity contribution in [2.24, 2.45) is 5.73 Å². The molecule has 0 aromatic heterocycles. The highest BCUT2D eigenvalue weighted by atomic mass is 33.1. The van der Waals surface area contributed by atoms with Crippen LogP contribution < -0.4 is 5.73 Å². The Bertz CT molecular complexity index is 696. The van der Waals surface area contributed by atoms with Crippen LogP contribution in [0.2, 0.25) is 0 Å². The molecule has 1 saturated heterocycles. The number of hydrogen-bond acceptors (Lipinski definition) is 11. The largest absolute Gasteiger partial charge is 0.490 e. The van der Waals surface area contributed by atoms with Gasteiger partial charge in [-0.3, -0.25) is 4.52 Å². The lowest BCUT2D eigenvalue weighted by atomic mass is 9.96. The highest BCUT2D eigenvalue weighted by Crippen LogP contribution is 2.66. The summed E-state index contributed by atoms with van der Waals surface area (Å²) < 4.78 is 57.0. The lowest BCUT2D eigenvalue weighted by Gasteiger charge is -2.24. The number of nitrogens with two attached hydrogens (primary N) is 1. The SMILES string of the molecule is B[C@H]1C[C@@H](OCSSC(C)(C)CCN)C(COP(=O)(O)OP(=O)(O)OP(=O)(O)O)O1. The van der Waals surface area contributed by atoms with Gasteiger partial charge in [-0.1, -0.05) is 21.6 Å². The van der Waals surface area contributed by atoms with Gasteiger partial charge >= 0.3 is 23.5 Å². The lowest BCUT2D eigenvalue weighted by molar-refractivity contribution is -0.0237. The number of phosphoric acid groups is 3. The summed E-state index contributed by atoms with van der Waals surface area (Å²) in [5.74, 6) is 0.311. The van der Waals surface area contributed by atoms with Crippen LogP contribution in [0.25, 0.3) is 0 Å². The van der Waals surface area contributed by atoms with Crippen LogP contribution in [-0.4, -0.2) is 69.5 Å². The van der Waals surface area contributed by atoms with E-state index in [0.717, 1.165) is 6.42 Å². The highest BCUT2D eigenvalue weighted by Gasteiger charge is 2.42. The molecule has 13 nitrogen and oxygen atoms in total. The van der Waals surface area contributed by atoms with Crippen molar-refractivity contribution in [1.82, 2.24) is 0 Å². The molecule has 0 radical (unpaired) electrons. The third-order valence-corrected chi connectivity index (χ3v) is 10.4. The first kappa shape index (κ1) is 29.1. The Morgan fingerprint density at radius 1 is 1.17 bits per heavy atom. The van der Waals surface area contributed by atoms with E-state index in [2.05, 4.69) is 27.0 Å². The standard InChI is InChI=1S/C11H27BNO12P3S2/c1-11(2,3-4-13)30-29-7-21-8-5-10(12)23-9(8)6-22-27(17,18)25-28(19,20)24-26(14,15)16/h8-10H,3-7,12-13H2,1-2H3,(H,17,18)(H,19,20)(H2,14,15,16)/t8-,9?,10-/m1/s1. The maximum atomic E-state index is 11.8. The summed E-state index contributed by atoms with van der Waals surface area (Å²) in [6, 6.07) is -0.226. The zero-order valence-corrected chi connectivity index (χ0v) is 20.9. The summed E-state index contributed by atoms with van der Waals surface area (Å²) in [5.41, 5.74) is 5.57. The molecule has 0 spiro atoms. The van der Waals surface area contributed by atoms with Gasteiger partial charge in [0, 0.05) is 10.8 Å². The van der Waals surface area contributed by atoms with Crippen molar-refractivity contribution in [2.75, 3.05) is 19.1 Å². The van der Waals surface area contributed by atoms with Crippen molar-refractivity contribution >= 4 is 52.9 Å². The lowest BCUT2D eigenvalue weighted by Crippen LogP contribution is -2.29. The normalized spacial score (nSPS) is 27.0. The van der Waals surface area contributed by atoms with Gasteiger partial charge < -0.3 is 34.8 Å². The van der Waals surface area contributed by atoms with Gasteiger partial charge in [0.05, 0.1) is 12.7 Å². The van der Waals surface area contributed by atoms with Crippen LogP contribution in [0.1, 0.15) is 26.7 Å². The molecular weight excluding hydrogens is 506 g/mol. The molecule has 178 valence electrons. The molecule has 1 heterocycles. The van der Waals surface area contributed by atoms with Gasteiger partial charge in [0.15, 0.2) is 0 Å². The molecule has 0 aliphatic carbocycles. The van der Waals surface area contributed by atoms with Gasteiger partial charge in [0.2, 0.25) is 0 Å². The first-order valence-corrected chi connectivity index (χ1v) is 15.4. The minimum absolute atomic E-state index is 0.0287. The minimum Gasteiger partial charge on any atom is -0.379 e. The zero-order valence-electron chi connectivity index (χ0n) is 16.6. The first-order valence-electron chi connectivity index (χ1n) is 8.60. The van der Waals surface area contributed by atoms with E-state index in [0.29, 0.717) is 18.9 Å². The van der Waals surface area contributed by atoms with Crippen LogP contribution in [0.3, 0.4) is 0 Å². The van der Waals surface area contributed by atoms with E-state index in [1.54, 1.807) is 18.6 Å². The summed E-state index contributed by atoms with van der Waals surface area (Å²) in [6.07, 6.45) is 0.0733. The summed E-state index contributed by atoms with van der Waals surface area (Å²) in [7, 11) is -11.3. The molecule has 6 N–H and O–H groups in total. The van der Waals surface area contributed by atoms with E-state index in [1.807, 2.05) is 0 Å². The number of hydrogen-bond donors (Lipinski definition) is 5. The maximum absolute atomic E-state index is 11.8. The minimum atomic E-state index is -5.56. The second kappa shape index (κ2) is 12.0. The van der Waals surface area contributed by atoms with Crippen LogP contribution in [0, 0.1) is 0 Å². The molecule has 1 aliphatic rings. The Kier molecular flexibility index (Phi) is 11.6. The Morgan fingerprint density at radius 3 is 2.37 bits per heavy atom. The Morgan fingerprint density at radius 2 is 1.80 bits per heavy atom. The second-order valence-electron chi connectivity index (χ2n) is 6.93. The molecule has 30 heavy (non-hydrogen) atoms. The molecule has 3 unspecified atom stereocenters. The van der Waals surface area contributed by atoms with Crippen molar-refractivity contribution in [3.05, 3.63) is 0 Å². The average Bonchev–Trinajstić information content (AvgIpc) is 2.86. The fraction of sp³-hybridized carbons (Fsp3) is 1.00. The van der Waals surface area contributed by atoms with Crippen LogP contribution >= 0.6 is 45.1 Å². The van der Waals surface area contributed by atoms with E-state index in [-0.39, 0.29) is 10.8 Å². The van der Waals surface area contributed by atoms with Gasteiger partial charge in [0.1, 0.15) is 19.9 Å². The van der Waals surface area contributed by atoms with Crippen LogP contribution in [0.15, 0.2) is 0 Å². The monoisotopic (exact) mass is 533 g/mol. The van der Waals surface area contributed by atoms with E-state index in [1.165, 1.54) is 10.8 Å². The molecule has 1 aliphatic heterocycles. The van der Waals surface area contributed by atoms with Crippen LogP contribution in [0.5, 0.6) is 0 Å².